The van der Waals surface area contributed by atoms with Gasteiger partial charge in [-0.25, -0.2) is 0 Å². The summed E-state index contributed by atoms with van der Waals surface area (Å²) in [5.41, 5.74) is 2.95. The fraction of sp³-hybridized carbons (Fsp3) is 0.190. The maximum absolute atomic E-state index is 13.1. The summed E-state index contributed by atoms with van der Waals surface area (Å²) in [6, 6.07) is 10.3. The second kappa shape index (κ2) is 7.82. The average Bonchev–Trinajstić information content (AvgIpc) is 2.64. The number of amides is 2. The second-order valence-corrected chi connectivity index (χ2v) is 6.79. The number of phenols is 1. The summed E-state index contributed by atoms with van der Waals surface area (Å²) in [5.74, 6) is -0.805. The van der Waals surface area contributed by atoms with E-state index in [0.717, 1.165) is 11.1 Å². The Bertz CT molecular complexity index is 1010. The van der Waals surface area contributed by atoms with Gasteiger partial charge in [0.2, 0.25) is 0 Å². The number of hydrogen-bond donors (Lipinski definition) is 2. The predicted octanol–water partition coefficient (Wildman–Crippen LogP) is 3.24. The molecule has 0 atom stereocenters. The van der Waals surface area contributed by atoms with Gasteiger partial charge in [0.25, 0.3) is 11.8 Å². The van der Waals surface area contributed by atoms with Crippen molar-refractivity contribution in [2.75, 3.05) is 11.5 Å². The van der Waals surface area contributed by atoms with Crippen molar-refractivity contribution in [3.63, 3.8) is 0 Å². The van der Waals surface area contributed by atoms with E-state index in [1.807, 2.05) is 32.0 Å². The first-order valence-corrected chi connectivity index (χ1v) is 9.17. The Morgan fingerprint density at radius 3 is 2.64 bits per heavy atom. The van der Waals surface area contributed by atoms with Gasteiger partial charge < -0.3 is 9.84 Å². The third-order valence-electron chi connectivity index (χ3n) is 4.30. The van der Waals surface area contributed by atoms with Crippen LogP contribution in [0.2, 0.25) is 0 Å². The van der Waals surface area contributed by atoms with Crippen molar-refractivity contribution in [2.24, 2.45) is 0 Å². The fourth-order valence-electron chi connectivity index (χ4n) is 2.89. The summed E-state index contributed by atoms with van der Waals surface area (Å²) < 4.78 is 5.36. The zero-order chi connectivity index (χ0) is 20.4. The number of aromatic hydroxyl groups is 1. The molecule has 1 saturated heterocycles. The van der Waals surface area contributed by atoms with E-state index < -0.39 is 11.8 Å². The van der Waals surface area contributed by atoms with Crippen LogP contribution in [0.3, 0.4) is 0 Å². The minimum atomic E-state index is -0.567. The van der Waals surface area contributed by atoms with Crippen molar-refractivity contribution < 1.29 is 19.4 Å². The Kier molecular flexibility index (Phi) is 5.46. The highest BCUT2D eigenvalue weighted by molar-refractivity contribution is 7.80. The van der Waals surface area contributed by atoms with Crippen LogP contribution >= 0.6 is 12.2 Å². The number of aryl methyl sites for hydroxylation is 2. The molecule has 7 heteroatoms. The smallest absolute Gasteiger partial charge is 0.270 e. The first-order chi connectivity index (χ1) is 13.3. The average molecular weight is 396 g/mol. The van der Waals surface area contributed by atoms with E-state index in [1.54, 1.807) is 19.1 Å². The lowest BCUT2D eigenvalue weighted by atomic mass is 10.0. The zero-order valence-electron chi connectivity index (χ0n) is 15.8. The quantitative estimate of drug-likeness (QED) is 0.471. The first kappa shape index (κ1) is 19.6. The van der Waals surface area contributed by atoms with Crippen molar-refractivity contribution in [1.82, 2.24) is 5.32 Å². The highest BCUT2D eigenvalue weighted by Crippen LogP contribution is 2.29. The molecule has 28 heavy (non-hydrogen) atoms. The molecule has 1 heterocycles. The molecular weight excluding hydrogens is 376 g/mol. The summed E-state index contributed by atoms with van der Waals surface area (Å²) >= 11 is 5.25. The van der Waals surface area contributed by atoms with E-state index in [2.05, 4.69) is 5.32 Å². The van der Waals surface area contributed by atoms with E-state index >= 15 is 0 Å². The molecule has 6 nitrogen and oxygen atoms in total. The van der Waals surface area contributed by atoms with Crippen molar-refractivity contribution in [1.29, 1.82) is 0 Å². The molecule has 1 aliphatic heterocycles. The minimum absolute atomic E-state index is 0.0124. The molecule has 2 aromatic rings. The van der Waals surface area contributed by atoms with Crippen molar-refractivity contribution >= 4 is 40.9 Å². The van der Waals surface area contributed by atoms with Crippen molar-refractivity contribution in [2.45, 2.75) is 20.8 Å². The van der Waals surface area contributed by atoms with Gasteiger partial charge in [0.1, 0.15) is 5.57 Å². The van der Waals surface area contributed by atoms with Crippen LogP contribution in [-0.4, -0.2) is 28.6 Å². The van der Waals surface area contributed by atoms with Crippen molar-refractivity contribution in [3.8, 4) is 11.5 Å². The monoisotopic (exact) mass is 396 g/mol. The molecule has 0 spiro atoms. The summed E-state index contributed by atoms with van der Waals surface area (Å²) in [5, 5.41) is 12.5. The molecule has 0 unspecified atom stereocenters. The summed E-state index contributed by atoms with van der Waals surface area (Å²) in [7, 11) is 0. The number of nitrogens with one attached hydrogen (secondary N) is 1. The second-order valence-electron chi connectivity index (χ2n) is 6.41. The van der Waals surface area contributed by atoms with E-state index in [9.17, 15) is 14.7 Å². The van der Waals surface area contributed by atoms with Crippen LogP contribution in [0.1, 0.15) is 23.6 Å². The largest absolute Gasteiger partial charge is 0.504 e. The number of ether oxygens (including phenoxy) is 1. The molecule has 2 N–H and O–H groups in total. The summed E-state index contributed by atoms with van der Waals surface area (Å²) in [6.07, 6.45) is 1.46. The first-order valence-electron chi connectivity index (χ1n) is 8.76. The van der Waals surface area contributed by atoms with Gasteiger partial charge in [-0.3, -0.25) is 19.8 Å². The number of nitrogens with zero attached hydrogens (tertiary/aromatic N) is 1. The molecule has 3 rings (SSSR count). The molecule has 0 aliphatic carbocycles. The normalized spacial score (nSPS) is 15.8. The van der Waals surface area contributed by atoms with Gasteiger partial charge >= 0.3 is 0 Å². The molecule has 0 radical (unpaired) electrons. The van der Waals surface area contributed by atoms with Crippen LogP contribution in [0.15, 0.2) is 42.0 Å². The number of thiocarbonyl (C=S) groups is 1. The zero-order valence-corrected chi connectivity index (χ0v) is 16.6. The van der Waals surface area contributed by atoms with Crippen LogP contribution in [0.5, 0.6) is 11.5 Å². The third kappa shape index (κ3) is 3.75. The maximum atomic E-state index is 13.1. The number of carbonyl (C=O) groups is 2. The lowest BCUT2D eigenvalue weighted by molar-refractivity contribution is -0.122. The Morgan fingerprint density at radius 2 is 1.93 bits per heavy atom. The molecule has 0 saturated carbocycles. The van der Waals surface area contributed by atoms with E-state index in [-0.39, 0.29) is 22.2 Å². The highest BCUT2D eigenvalue weighted by atomic mass is 32.1. The Hall–Kier alpha value is -3.19. The molecule has 0 aromatic heterocycles. The Morgan fingerprint density at radius 1 is 1.18 bits per heavy atom. The SMILES string of the molecule is CCOc1cc(/C=C2\C(=O)NC(=S)N(c3cc(C)ccc3C)C2=O)ccc1O. The van der Waals surface area contributed by atoms with E-state index in [0.29, 0.717) is 17.9 Å². The molecular formula is C21H20N2O4S. The number of benzene rings is 2. The molecule has 1 fully saturated rings. The van der Waals surface area contributed by atoms with Crippen LogP contribution in [0.25, 0.3) is 6.08 Å². The Labute approximate surface area is 168 Å². The third-order valence-corrected chi connectivity index (χ3v) is 4.59. The van der Waals surface area contributed by atoms with Gasteiger partial charge in [0.15, 0.2) is 16.6 Å². The van der Waals surface area contributed by atoms with Crippen LogP contribution < -0.4 is 15.0 Å². The van der Waals surface area contributed by atoms with Gasteiger partial charge in [-0.1, -0.05) is 18.2 Å². The standard InChI is InChI=1S/C21H20N2O4S/c1-4-27-18-11-14(7-8-17(18)24)10-15-19(25)22-21(28)23(20(15)26)16-9-12(2)5-6-13(16)3/h5-11,24H,4H2,1-3H3,(H,22,25,28)/b15-10+. The number of anilines is 1. The molecule has 1 aliphatic rings. The Balaban J connectivity index is 2.04. The number of rotatable bonds is 4. The minimum Gasteiger partial charge on any atom is -0.504 e. The topological polar surface area (TPSA) is 78.9 Å². The number of hydrogen-bond acceptors (Lipinski definition) is 5. The van der Waals surface area contributed by atoms with Gasteiger partial charge in [0, 0.05) is 0 Å². The number of phenolic OH excluding ortho intramolecular Hbond substituents is 1. The van der Waals surface area contributed by atoms with Crippen LogP contribution in [0.4, 0.5) is 5.69 Å². The van der Waals surface area contributed by atoms with Crippen LogP contribution in [0, 0.1) is 13.8 Å². The summed E-state index contributed by atoms with van der Waals surface area (Å²) in [4.78, 5) is 26.9. The summed E-state index contributed by atoms with van der Waals surface area (Å²) in [6.45, 7) is 5.97. The molecule has 144 valence electrons. The van der Waals surface area contributed by atoms with E-state index in [1.165, 1.54) is 17.0 Å². The van der Waals surface area contributed by atoms with Gasteiger partial charge in [0.05, 0.1) is 12.3 Å². The van der Waals surface area contributed by atoms with Crippen molar-refractivity contribution in [3.05, 3.63) is 58.7 Å². The van der Waals surface area contributed by atoms with Gasteiger partial charge in [-0.2, -0.15) is 0 Å². The maximum Gasteiger partial charge on any atom is 0.270 e. The lowest BCUT2D eigenvalue weighted by Gasteiger charge is -2.30. The molecule has 2 aromatic carbocycles. The lowest BCUT2D eigenvalue weighted by Crippen LogP contribution is -2.54. The fourth-order valence-corrected chi connectivity index (χ4v) is 3.17. The highest BCUT2D eigenvalue weighted by Gasteiger charge is 2.35. The van der Waals surface area contributed by atoms with E-state index in [4.69, 9.17) is 17.0 Å². The van der Waals surface area contributed by atoms with Crippen LogP contribution in [-0.2, 0) is 9.59 Å². The van der Waals surface area contributed by atoms with Gasteiger partial charge in [-0.05, 0) is 74.0 Å². The number of carbonyl (C=O) groups excluding carboxylic acids is 2. The predicted molar refractivity (Wildman–Crippen MR) is 111 cm³/mol. The molecule has 0 bridgehead atoms. The molecule has 2 amide bonds. The van der Waals surface area contributed by atoms with Gasteiger partial charge in [-0.15, -0.1) is 0 Å².